The van der Waals surface area contributed by atoms with Gasteiger partial charge in [0.1, 0.15) is 11.9 Å². The number of benzene rings is 1. The van der Waals surface area contributed by atoms with Crippen molar-refractivity contribution in [2.75, 3.05) is 0 Å². The lowest BCUT2D eigenvalue weighted by atomic mass is 10.1. The highest BCUT2D eigenvalue weighted by Gasteiger charge is 2.05. The van der Waals surface area contributed by atoms with Gasteiger partial charge in [-0.05, 0) is 24.1 Å². The maximum Gasteiger partial charge on any atom is 0.356 e. The van der Waals surface area contributed by atoms with Gasteiger partial charge in [0.15, 0.2) is 0 Å². The molecular weight excluding hydrogens is 176 g/mol. The second kappa shape index (κ2) is 4.12. The van der Waals surface area contributed by atoms with Crippen molar-refractivity contribution in [3.05, 3.63) is 35.4 Å². The summed E-state index contributed by atoms with van der Waals surface area (Å²) in [6.45, 7) is 2.02. The summed E-state index contributed by atoms with van der Waals surface area (Å²) in [6.07, 6.45) is 0.892. The summed E-state index contributed by atoms with van der Waals surface area (Å²) in [4.78, 5) is 10.9. The van der Waals surface area contributed by atoms with Crippen molar-refractivity contribution in [1.29, 1.82) is 0 Å². The predicted molar refractivity (Wildman–Crippen MR) is 47.1 cm³/mol. The lowest BCUT2D eigenvalue weighted by molar-refractivity contribution is 0.0751. The second-order valence-electron chi connectivity index (χ2n) is 2.42. The Morgan fingerprint density at radius 1 is 1.58 bits per heavy atom. The smallest absolute Gasteiger partial charge is 0.343 e. The van der Waals surface area contributed by atoms with Crippen LogP contribution in [0.2, 0.25) is 0 Å². The first-order valence-electron chi connectivity index (χ1n) is 3.69. The van der Waals surface area contributed by atoms with Crippen LogP contribution in [0.1, 0.15) is 22.8 Å². The van der Waals surface area contributed by atoms with Crippen LogP contribution in [0.3, 0.4) is 0 Å². The number of halogens is 1. The molecule has 1 rings (SSSR count). The van der Waals surface area contributed by atoms with E-state index in [0.717, 1.165) is 12.0 Å². The van der Waals surface area contributed by atoms with E-state index in [1.54, 1.807) is 12.1 Å². The minimum atomic E-state index is -0.507. The molecule has 0 N–H and O–H groups in total. The molecule has 3 heteroatoms. The number of hydrogen-bond acceptors (Lipinski definition) is 2. The van der Waals surface area contributed by atoms with E-state index in [9.17, 15) is 4.79 Å². The predicted octanol–water partition coefficient (Wildman–Crippen LogP) is 2.56. The highest BCUT2D eigenvalue weighted by Crippen LogP contribution is 2.07. The zero-order chi connectivity index (χ0) is 8.97. The van der Waals surface area contributed by atoms with Gasteiger partial charge in [-0.25, -0.2) is 4.79 Å². The lowest BCUT2D eigenvalue weighted by Gasteiger charge is -1.98. The van der Waals surface area contributed by atoms with E-state index in [1.165, 1.54) is 0 Å². The van der Waals surface area contributed by atoms with E-state index >= 15 is 0 Å². The summed E-state index contributed by atoms with van der Waals surface area (Å²) in [5.41, 5.74) is 1.58. The first kappa shape index (κ1) is 9.07. The molecule has 64 valence electrons. The second-order valence-corrected chi connectivity index (χ2v) is 2.57. The van der Waals surface area contributed by atoms with Crippen molar-refractivity contribution in [1.82, 2.24) is 0 Å². The molecule has 0 saturated carbocycles. The maximum absolute atomic E-state index is 10.9. The molecule has 0 aliphatic rings. The molecule has 0 saturated heterocycles. The van der Waals surface area contributed by atoms with Crippen molar-refractivity contribution >= 4 is 17.8 Å². The van der Waals surface area contributed by atoms with Gasteiger partial charge in [-0.1, -0.05) is 19.1 Å². The molecule has 0 heterocycles. The number of rotatable bonds is 2. The first-order valence-corrected chi connectivity index (χ1v) is 4.00. The van der Waals surface area contributed by atoms with Gasteiger partial charge in [0.2, 0.25) is 0 Å². The average Bonchev–Trinajstić information content (AvgIpc) is 2.17. The van der Waals surface area contributed by atoms with Crippen molar-refractivity contribution < 1.29 is 9.08 Å². The minimum absolute atomic E-state index is 0.490. The Morgan fingerprint density at radius 2 is 2.33 bits per heavy atom. The van der Waals surface area contributed by atoms with E-state index in [0.29, 0.717) is 5.56 Å². The number of hydrogen-bond donors (Lipinski definition) is 0. The Hall–Kier alpha value is -1.02. The molecule has 0 bridgehead atoms. The van der Waals surface area contributed by atoms with Crippen molar-refractivity contribution in [2.24, 2.45) is 0 Å². The first-order chi connectivity index (χ1) is 5.77. The van der Waals surface area contributed by atoms with Crippen LogP contribution in [-0.2, 0) is 10.7 Å². The summed E-state index contributed by atoms with van der Waals surface area (Å²) < 4.78 is 4.07. The Kier molecular flexibility index (Phi) is 3.11. The molecule has 0 aromatic heterocycles. The van der Waals surface area contributed by atoms with Crippen LogP contribution in [0.5, 0.6) is 0 Å². The number of carbonyl (C=O) groups excluding carboxylic acids is 1. The Balaban J connectivity index is 2.93. The summed E-state index contributed by atoms with van der Waals surface area (Å²) in [7, 11) is 0. The largest absolute Gasteiger partial charge is 0.356 e. The van der Waals surface area contributed by atoms with Gasteiger partial charge in [0.25, 0.3) is 0 Å². The van der Waals surface area contributed by atoms with Gasteiger partial charge < -0.3 is 4.29 Å². The Bertz CT molecular complexity index is 284. The van der Waals surface area contributed by atoms with E-state index < -0.39 is 5.97 Å². The average molecular weight is 185 g/mol. The van der Waals surface area contributed by atoms with Crippen LogP contribution in [0, 0.1) is 0 Å². The SMILES string of the molecule is CCc1cccc(C(=O)OCl)c1. The van der Waals surface area contributed by atoms with E-state index in [4.69, 9.17) is 11.9 Å². The zero-order valence-corrected chi connectivity index (χ0v) is 7.47. The molecule has 1 aromatic rings. The van der Waals surface area contributed by atoms with Crippen LogP contribution in [0.15, 0.2) is 24.3 Å². The monoisotopic (exact) mass is 184 g/mol. The van der Waals surface area contributed by atoms with Crippen LogP contribution in [-0.4, -0.2) is 5.97 Å². The van der Waals surface area contributed by atoms with Gasteiger partial charge in [-0.2, -0.15) is 0 Å². The number of carbonyl (C=O) groups is 1. The van der Waals surface area contributed by atoms with Crippen molar-refractivity contribution in [2.45, 2.75) is 13.3 Å². The third kappa shape index (κ3) is 1.98. The highest BCUT2D eigenvalue weighted by atomic mass is 35.5. The highest BCUT2D eigenvalue weighted by molar-refractivity contribution is 6.15. The van der Waals surface area contributed by atoms with Crippen LogP contribution < -0.4 is 0 Å². The van der Waals surface area contributed by atoms with Gasteiger partial charge in [-0.3, -0.25) is 0 Å². The summed E-state index contributed by atoms with van der Waals surface area (Å²) in [6, 6.07) is 7.20. The molecule has 0 spiro atoms. The molecule has 2 nitrogen and oxygen atoms in total. The van der Waals surface area contributed by atoms with Crippen molar-refractivity contribution in [3.63, 3.8) is 0 Å². The van der Waals surface area contributed by atoms with E-state index in [2.05, 4.69) is 4.29 Å². The van der Waals surface area contributed by atoms with Crippen LogP contribution >= 0.6 is 11.9 Å². The van der Waals surface area contributed by atoms with Gasteiger partial charge in [0.05, 0.1) is 5.56 Å². The third-order valence-corrected chi connectivity index (χ3v) is 1.78. The zero-order valence-electron chi connectivity index (χ0n) is 6.71. The molecular formula is C9H9ClO2. The topological polar surface area (TPSA) is 26.3 Å². The molecule has 0 atom stereocenters. The fraction of sp³-hybridized carbons (Fsp3) is 0.222. The fourth-order valence-corrected chi connectivity index (χ4v) is 1.05. The summed E-state index contributed by atoms with van der Waals surface area (Å²) >= 11 is 4.93. The molecule has 0 fully saturated rings. The Morgan fingerprint density at radius 3 is 2.92 bits per heavy atom. The molecule has 0 aliphatic heterocycles. The quantitative estimate of drug-likeness (QED) is 0.706. The lowest BCUT2D eigenvalue weighted by Crippen LogP contribution is -1.98. The van der Waals surface area contributed by atoms with Gasteiger partial charge >= 0.3 is 5.97 Å². The molecule has 0 amide bonds. The molecule has 1 aromatic carbocycles. The molecule has 12 heavy (non-hydrogen) atoms. The Labute approximate surface area is 76.3 Å². The van der Waals surface area contributed by atoms with Crippen molar-refractivity contribution in [3.8, 4) is 0 Å². The fourth-order valence-electron chi connectivity index (χ4n) is 0.963. The molecule has 0 aliphatic carbocycles. The number of aryl methyl sites for hydroxylation is 1. The van der Waals surface area contributed by atoms with E-state index in [1.807, 2.05) is 19.1 Å². The standard InChI is InChI=1S/C9H9ClO2/c1-2-7-4-3-5-8(6-7)9(11)12-10/h3-6H,2H2,1H3. The summed E-state index contributed by atoms with van der Waals surface area (Å²) in [5.74, 6) is -0.507. The van der Waals surface area contributed by atoms with Gasteiger partial charge in [-0.15, -0.1) is 0 Å². The molecule has 0 radical (unpaired) electrons. The van der Waals surface area contributed by atoms with Crippen LogP contribution in [0.4, 0.5) is 0 Å². The van der Waals surface area contributed by atoms with E-state index in [-0.39, 0.29) is 0 Å². The van der Waals surface area contributed by atoms with Gasteiger partial charge in [0, 0.05) is 0 Å². The third-order valence-electron chi connectivity index (χ3n) is 1.64. The van der Waals surface area contributed by atoms with Crippen LogP contribution in [0.25, 0.3) is 0 Å². The normalized spacial score (nSPS) is 9.50. The minimum Gasteiger partial charge on any atom is -0.343 e. The summed E-state index contributed by atoms with van der Waals surface area (Å²) in [5, 5.41) is 0. The molecule has 0 unspecified atom stereocenters. The maximum atomic E-state index is 10.9.